The topological polar surface area (TPSA) is 26.2 Å². The Balaban J connectivity index is 1.39. The zero-order chi connectivity index (χ0) is 13.6. The van der Waals surface area contributed by atoms with E-state index in [1.807, 2.05) is 0 Å². The first kappa shape index (κ1) is 13.7. The number of rotatable bonds is 6. The zero-order valence-corrected chi connectivity index (χ0v) is 12.1. The fourth-order valence-corrected chi connectivity index (χ4v) is 2.98. The maximum atomic E-state index is 5.50. The van der Waals surface area contributed by atoms with Gasteiger partial charge in [-0.05, 0) is 49.2 Å². The molecule has 1 aliphatic heterocycles. The van der Waals surface area contributed by atoms with Crippen LogP contribution in [0.15, 0.2) is 36.5 Å². The van der Waals surface area contributed by atoms with E-state index in [-0.39, 0.29) is 0 Å². The minimum atomic E-state index is 0.719. The monoisotopic (exact) mass is 272 g/mol. The summed E-state index contributed by atoms with van der Waals surface area (Å²) >= 11 is 0. The van der Waals surface area contributed by atoms with E-state index in [0.29, 0.717) is 0 Å². The Hall–Kier alpha value is -1.32. The van der Waals surface area contributed by atoms with Crippen LogP contribution in [0.5, 0.6) is 0 Å². The normalized spacial score (nSPS) is 19.5. The molecule has 1 aromatic heterocycles. The number of hydrogen-bond acceptors (Lipinski definition) is 2. The molecule has 1 atom stereocenters. The lowest BCUT2D eigenvalue weighted by atomic mass is 10.0. The summed E-state index contributed by atoms with van der Waals surface area (Å²) in [5, 5.41) is 4.91. The number of hydrogen-bond donors (Lipinski definition) is 1. The van der Waals surface area contributed by atoms with Crippen molar-refractivity contribution in [3.05, 3.63) is 36.5 Å². The lowest BCUT2D eigenvalue weighted by Gasteiger charge is -2.22. The van der Waals surface area contributed by atoms with Crippen molar-refractivity contribution in [1.29, 1.82) is 0 Å². The standard InChI is InChI=1S/C17H24N2O/c1-2-7-17-16(6-1)8-11-19(17)10-4-9-18-13-15-5-3-12-20-14-15/h1-2,6-8,11,15,18H,3-5,9-10,12-14H2. The summed E-state index contributed by atoms with van der Waals surface area (Å²) in [7, 11) is 0. The maximum absolute atomic E-state index is 5.50. The molecule has 2 aromatic rings. The van der Waals surface area contributed by atoms with Crippen molar-refractivity contribution in [2.45, 2.75) is 25.8 Å². The molecule has 0 radical (unpaired) electrons. The predicted octanol–water partition coefficient (Wildman–Crippen LogP) is 3.05. The van der Waals surface area contributed by atoms with Crippen molar-refractivity contribution in [3.8, 4) is 0 Å². The van der Waals surface area contributed by atoms with Gasteiger partial charge in [0, 0.05) is 31.4 Å². The maximum Gasteiger partial charge on any atom is 0.0506 e. The molecule has 3 nitrogen and oxygen atoms in total. The van der Waals surface area contributed by atoms with Gasteiger partial charge in [0.05, 0.1) is 6.61 Å². The molecule has 0 aliphatic carbocycles. The molecule has 1 aromatic carbocycles. The van der Waals surface area contributed by atoms with Gasteiger partial charge in [-0.1, -0.05) is 18.2 Å². The SMILES string of the molecule is c1ccc2c(c1)ccn2CCCNCC1CCCOC1. The van der Waals surface area contributed by atoms with E-state index >= 15 is 0 Å². The lowest BCUT2D eigenvalue weighted by molar-refractivity contribution is 0.0549. The second kappa shape index (κ2) is 6.91. The first-order valence-electron chi connectivity index (χ1n) is 7.76. The molecule has 108 valence electrons. The summed E-state index contributed by atoms with van der Waals surface area (Å²) in [6.45, 7) is 5.17. The average molecular weight is 272 g/mol. The third kappa shape index (κ3) is 3.41. The van der Waals surface area contributed by atoms with Crippen molar-refractivity contribution in [2.75, 3.05) is 26.3 Å². The van der Waals surface area contributed by atoms with Crippen LogP contribution in [0.2, 0.25) is 0 Å². The molecular formula is C17H24N2O. The van der Waals surface area contributed by atoms with E-state index in [1.165, 1.54) is 30.2 Å². The molecule has 1 aliphatic rings. The Kier molecular flexibility index (Phi) is 4.72. The van der Waals surface area contributed by atoms with Crippen LogP contribution in [-0.2, 0) is 11.3 Å². The third-order valence-corrected chi connectivity index (χ3v) is 4.12. The number of benzene rings is 1. The van der Waals surface area contributed by atoms with Gasteiger partial charge >= 0.3 is 0 Å². The Morgan fingerprint density at radius 3 is 3.10 bits per heavy atom. The molecule has 20 heavy (non-hydrogen) atoms. The molecule has 0 spiro atoms. The van der Waals surface area contributed by atoms with Crippen molar-refractivity contribution in [3.63, 3.8) is 0 Å². The van der Waals surface area contributed by atoms with Gasteiger partial charge in [0.1, 0.15) is 0 Å². The summed E-state index contributed by atoms with van der Waals surface area (Å²) < 4.78 is 7.85. The van der Waals surface area contributed by atoms with Gasteiger partial charge in [0.15, 0.2) is 0 Å². The Bertz CT molecular complexity index is 529. The van der Waals surface area contributed by atoms with Crippen LogP contribution in [0.3, 0.4) is 0 Å². The molecule has 1 saturated heterocycles. The van der Waals surface area contributed by atoms with Crippen LogP contribution in [0, 0.1) is 5.92 Å². The molecule has 2 heterocycles. The van der Waals surface area contributed by atoms with Gasteiger partial charge < -0.3 is 14.6 Å². The van der Waals surface area contributed by atoms with Crippen molar-refractivity contribution < 1.29 is 4.74 Å². The van der Waals surface area contributed by atoms with Gasteiger partial charge in [0.25, 0.3) is 0 Å². The van der Waals surface area contributed by atoms with E-state index in [2.05, 4.69) is 46.4 Å². The second-order valence-electron chi connectivity index (χ2n) is 5.71. The highest BCUT2D eigenvalue weighted by Crippen LogP contribution is 2.15. The number of aromatic nitrogens is 1. The molecule has 1 unspecified atom stereocenters. The summed E-state index contributed by atoms with van der Waals surface area (Å²) in [4.78, 5) is 0. The zero-order valence-electron chi connectivity index (χ0n) is 12.1. The number of ether oxygens (including phenoxy) is 1. The minimum absolute atomic E-state index is 0.719. The molecule has 3 heteroatoms. The Morgan fingerprint density at radius 2 is 2.20 bits per heavy atom. The minimum Gasteiger partial charge on any atom is -0.381 e. The smallest absolute Gasteiger partial charge is 0.0506 e. The van der Waals surface area contributed by atoms with Crippen LogP contribution < -0.4 is 5.32 Å². The van der Waals surface area contributed by atoms with Crippen molar-refractivity contribution >= 4 is 10.9 Å². The van der Waals surface area contributed by atoms with Crippen LogP contribution in [-0.4, -0.2) is 30.9 Å². The number of nitrogens with zero attached hydrogens (tertiary/aromatic N) is 1. The third-order valence-electron chi connectivity index (χ3n) is 4.12. The number of aryl methyl sites for hydroxylation is 1. The quantitative estimate of drug-likeness (QED) is 0.818. The summed E-state index contributed by atoms with van der Waals surface area (Å²) in [6.07, 6.45) is 5.91. The van der Waals surface area contributed by atoms with Crippen LogP contribution in [0.4, 0.5) is 0 Å². The number of nitrogens with one attached hydrogen (secondary N) is 1. The molecule has 1 N–H and O–H groups in total. The Labute approximate surface area is 120 Å². The molecule has 0 bridgehead atoms. The van der Waals surface area contributed by atoms with Crippen LogP contribution in [0.25, 0.3) is 10.9 Å². The largest absolute Gasteiger partial charge is 0.381 e. The molecule has 1 fully saturated rings. The van der Waals surface area contributed by atoms with Gasteiger partial charge in [-0.15, -0.1) is 0 Å². The summed E-state index contributed by atoms with van der Waals surface area (Å²) in [5.41, 5.74) is 1.34. The van der Waals surface area contributed by atoms with E-state index in [1.54, 1.807) is 0 Å². The van der Waals surface area contributed by atoms with E-state index in [0.717, 1.165) is 38.8 Å². The van der Waals surface area contributed by atoms with Crippen LogP contribution >= 0.6 is 0 Å². The number of fused-ring (bicyclic) bond motifs is 1. The highest BCUT2D eigenvalue weighted by Gasteiger charge is 2.12. The fourth-order valence-electron chi connectivity index (χ4n) is 2.98. The number of para-hydroxylation sites is 1. The lowest BCUT2D eigenvalue weighted by Crippen LogP contribution is -2.30. The Morgan fingerprint density at radius 1 is 1.25 bits per heavy atom. The van der Waals surface area contributed by atoms with E-state index in [4.69, 9.17) is 4.74 Å². The van der Waals surface area contributed by atoms with Crippen molar-refractivity contribution in [2.24, 2.45) is 5.92 Å². The van der Waals surface area contributed by atoms with Crippen LogP contribution in [0.1, 0.15) is 19.3 Å². The van der Waals surface area contributed by atoms with Gasteiger partial charge in [-0.2, -0.15) is 0 Å². The van der Waals surface area contributed by atoms with Gasteiger partial charge in [-0.3, -0.25) is 0 Å². The summed E-state index contributed by atoms with van der Waals surface area (Å²) in [5.74, 6) is 0.719. The van der Waals surface area contributed by atoms with Gasteiger partial charge in [-0.25, -0.2) is 0 Å². The first-order valence-corrected chi connectivity index (χ1v) is 7.76. The van der Waals surface area contributed by atoms with Gasteiger partial charge in [0.2, 0.25) is 0 Å². The highest BCUT2D eigenvalue weighted by molar-refractivity contribution is 5.79. The second-order valence-corrected chi connectivity index (χ2v) is 5.71. The molecule has 3 rings (SSSR count). The average Bonchev–Trinajstić information content (AvgIpc) is 2.91. The van der Waals surface area contributed by atoms with E-state index < -0.39 is 0 Å². The fraction of sp³-hybridized carbons (Fsp3) is 0.529. The highest BCUT2D eigenvalue weighted by atomic mass is 16.5. The summed E-state index contributed by atoms with van der Waals surface area (Å²) in [6, 6.07) is 10.8. The van der Waals surface area contributed by atoms with Crippen molar-refractivity contribution in [1.82, 2.24) is 9.88 Å². The predicted molar refractivity (Wildman–Crippen MR) is 83.0 cm³/mol. The first-order chi connectivity index (χ1) is 9.93. The molecule has 0 saturated carbocycles. The van der Waals surface area contributed by atoms with E-state index in [9.17, 15) is 0 Å². The molecular weight excluding hydrogens is 248 g/mol. The molecule has 0 amide bonds.